The molecular formula is C11H21N3O2S. The summed E-state index contributed by atoms with van der Waals surface area (Å²) < 4.78 is 25.1. The molecule has 0 aromatic carbocycles. The molecule has 1 aromatic heterocycles. The molecule has 0 fully saturated rings. The van der Waals surface area contributed by atoms with Gasteiger partial charge in [-0.3, -0.25) is 0 Å². The lowest BCUT2D eigenvalue weighted by atomic mass is 10.3. The van der Waals surface area contributed by atoms with Gasteiger partial charge in [-0.25, -0.2) is 13.4 Å². The summed E-state index contributed by atoms with van der Waals surface area (Å²) >= 11 is 0. The number of nitrogens with one attached hydrogen (secondary N) is 1. The molecule has 1 N–H and O–H groups in total. The SMILES string of the molecule is CC(Cn1ccnc1)NCCS(=O)(=O)C(C)C. The maximum Gasteiger partial charge on any atom is 0.153 e. The van der Waals surface area contributed by atoms with E-state index in [9.17, 15) is 8.42 Å². The molecule has 0 aliphatic carbocycles. The second-order valence-electron chi connectivity index (χ2n) is 4.53. The molecule has 1 heterocycles. The highest BCUT2D eigenvalue weighted by molar-refractivity contribution is 7.92. The molecule has 0 aliphatic rings. The van der Waals surface area contributed by atoms with Crippen LogP contribution in [0.15, 0.2) is 18.7 Å². The van der Waals surface area contributed by atoms with Gasteiger partial charge in [0.2, 0.25) is 0 Å². The molecule has 0 radical (unpaired) electrons. The summed E-state index contributed by atoms with van der Waals surface area (Å²) in [5.74, 6) is 0.193. The minimum atomic E-state index is -2.94. The van der Waals surface area contributed by atoms with Gasteiger partial charge in [-0.05, 0) is 20.8 Å². The average molecular weight is 259 g/mol. The van der Waals surface area contributed by atoms with Crippen LogP contribution in [0.25, 0.3) is 0 Å². The number of hydrogen-bond acceptors (Lipinski definition) is 4. The summed E-state index contributed by atoms with van der Waals surface area (Å²) in [6, 6.07) is 0.228. The Hall–Kier alpha value is -0.880. The van der Waals surface area contributed by atoms with Crippen molar-refractivity contribution in [1.82, 2.24) is 14.9 Å². The Balaban J connectivity index is 2.27. The van der Waals surface area contributed by atoms with Gasteiger partial charge in [-0.15, -0.1) is 0 Å². The van der Waals surface area contributed by atoms with E-state index in [0.29, 0.717) is 6.54 Å². The molecule has 0 spiro atoms. The standard InChI is InChI=1S/C11H21N3O2S/c1-10(2)17(15,16)7-5-13-11(3)8-14-6-4-12-9-14/h4,6,9-11,13H,5,7-8H2,1-3H3. The third kappa shape index (κ3) is 4.87. The van der Waals surface area contributed by atoms with Gasteiger partial charge in [0.1, 0.15) is 0 Å². The van der Waals surface area contributed by atoms with Crippen LogP contribution < -0.4 is 5.32 Å². The highest BCUT2D eigenvalue weighted by Crippen LogP contribution is 1.99. The molecule has 0 bridgehead atoms. The number of rotatable bonds is 7. The number of imidazole rings is 1. The van der Waals surface area contributed by atoms with Crippen molar-refractivity contribution in [2.24, 2.45) is 0 Å². The molecule has 1 unspecified atom stereocenters. The van der Waals surface area contributed by atoms with Crippen LogP contribution in [0, 0.1) is 0 Å². The summed E-state index contributed by atoms with van der Waals surface area (Å²) in [5, 5.41) is 2.91. The predicted octanol–water partition coefficient (Wildman–Crippen LogP) is 0.684. The lowest BCUT2D eigenvalue weighted by molar-refractivity contribution is 0.487. The summed E-state index contributed by atoms with van der Waals surface area (Å²) in [6.07, 6.45) is 5.38. The Morgan fingerprint density at radius 1 is 1.35 bits per heavy atom. The van der Waals surface area contributed by atoms with Gasteiger partial charge in [0.05, 0.1) is 17.3 Å². The fourth-order valence-corrected chi connectivity index (χ4v) is 2.33. The van der Waals surface area contributed by atoms with E-state index in [-0.39, 0.29) is 17.0 Å². The number of sulfone groups is 1. The Kier molecular flexibility index (Phi) is 5.14. The summed E-state index contributed by atoms with van der Waals surface area (Å²) in [7, 11) is -2.94. The van der Waals surface area contributed by atoms with Crippen LogP contribution in [0.1, 0.15) is 20.8 Å². The summed E-state index contributed by atoms with van der Waals surface area (Å²) in [6.45, 7) is 6.74. The van der Waals surface area contributed by atoms with E-state index in [2.05, 4.69) is 10.3 Å². The molecule has 0 saturated carbocycles. The first-order valence-corrected chi connectivity index (χ1v) is 7.54. The maximum absolute atomic E-state index is 11.6. The topological polar surface area (TPSA) is 64.0 Å². The Morgan fingerprint density at radius 2 is 2.06 bits per heavy atom. The monoisotopic (exact) mass is 259 g/mol. The minimum Gasteiger partial charge on any atom is -0.336 e. The number of hydrogen-bond donors (Lipinski definition) is 1. The molecule has 6 heteroatoms. The zero-order valence-corrected chi connectivity index (χ0v) is 11.4. The van der Waals surface area contributed by atoms with Gasteiger partial charge in [0, 0.05) is 31.5 Å². The van der Waals surface area contributed by atoms with E-state index in [0.717, 1.165) is 6.54 Å². The van der Waals surface area contributed by atoms with E-state index >= 15 is 0 Å². The molecule has 1 rings (SSSR count). The average Bonchev–Trinajstić information content (AvgIpc) is 2.69. The van der Waals surface area contributed by atoms with Crippen molar-refractivity contribution in [2.75, 3.05) is 12.3 Å². The highest BCUT2D eigenvalue weighted by atomic mass is 32.2. The Labute approximate surface area is 103 Å². The van der Waals surface area contributed by atoms with E-state index in [1.165, 1.54) is 0 Å². The van der Waals surface area contributed by atoms with Crippen LogP contribution in [0.3, 0.4) is 0 Å². The van der Waals surface area contributed by atoms with Crippen molar-refractivity contribution in [2.45, 2.75) is 38.6 Å². The third-order valence-electron chi connectivity index (χ3n) is 2.64. The van der Waals surface area contributed by atoms with Gasteiger partial charge in [-0.2, -0.15) is 0 Å². The van der Waals surface area contributed by atoms with Gasteiger partial charge >= 0.3 is 0 Å². The minimum absolute atomic E-state index is 0.193. The second kappa shape index (κ2) is 6.16. The van der Waals surface area contributed by atoms with Crippen LogP contribution in [0.4, 0.5) is 0 Å². The molecule has 0 amide bonds. The number of aromatic nitrogens is 2. The first-order valence-electron chi connectivity index (χ1n) is 5.82. The molecule has 98 valence electrons. The molecule has 1 atom stereocenters. The lowest BCUT2D eigenvalue weighted by Gasteiger charge is -2.15. The lowest BCUT2D eigenvalue weighted by Crippen LogP contribution is -2.35. The Bertz CT molecular complexity index is 412. The fourth-order valence-electron chi connectivity index (χ4n) is 1.46. The van der Waals surface area contributed by atoms with Gasteiger partial charge in [-0.1, -0.05) is 0 Å². The van der Waals surface area contributed by atoms with E-state index < -0.39 is 9.84 Å². The van der Waals surface area contributed by atoms with E-state index in [1.807, 2.05) is 17.7 Å². The van der Waals surface area contributed by atoms with Gasteiger partial charge in [0.15, 0.2) is 9.84 Å². The van der Waals surface area contributed by atoms with Crippen molar-refractivity contribution in [3.05, 3.63) is 18.7 Å². The second-order valence-corrected chi connectivity index (χ2v) is 7.21. The van der Waals surface area contributed by atoms with Crippen molar-refractivity contribution >= 4 is 9.84 Å². The zero-order chi connectivity index (χ0) is 12.9. The van der Waals surface area contributed by atoms with E-state index in [4.69, 9.17) is 0 Å². The molecule has 0 saturated heterocycles. The maximum atomic E-state index is 11.6. The molecule has 5 nitrogen and oxygen atoms in total. The first kappa shape index (κ1) is 14.2. The zero-order valence-electron chi connectivity index (χ0n) is 10.6. The highest BCUT2D eigenvalue weighted by Gasteiger charge is 2.15. The molecular weight excluding hydrogens is 238 g/mol. The van der Waals surface area contributed by atoms with Crippen molar-refractivity contribution in [1.29, 1.82) is 0 Å². The van der Waals surface area contributed by atoms with Crippen LogP contribution >= 0.6 is 0 Å². The molecule has 0 aliphatic heterocycles. The predicted molar refractivity (Wildman–Crippen MR) is 68.6 cm³/mol. The van der Waals surface area contributed by atoms with Gasteiger partial charge < -0.3 is 9.88 Å². The van der Waals surface area contributed by atoms with Crippen LogP contribution in [-0.4, -0.2) is 41.6 Å². The first-order chi connectivity index (χ1) is 7.92. The van der Waals surface area contributed by atoms with Crippen LogP contribution in [0.5, 0.6) is 0 Å². The van der Waals surface area contributed by atoms with Gasteiger partial charge in [0.25, 0.3) is 0 Å². The summed E-state index contributed by atoms with van der Waals surface area (Å²) in [4.78, 5) is 3.96. The van der Waals surface area contributed by atoms with Crippen LogP contribution in [-0.2, 0) is 16.4 Å². The largest absolute Gasteiger partial charge is 0.336 e. The summed E-state index contributed by atoms with van der Waals surface area (Å²) in [5.41, 5.74) is 0. The van der Waals surface area contributed by atoms with Crippen LogP contribution in [0.2, 0.25) is 0 Å². The smallest absolute Gasteiger partial charge is 0.153 e. The normalized spacial score (nSPS) is 14.1. The van der Waals surface area contributed by atoms with E-state index in [1.54, 1.807) is 26.4 Å². The van der Waals surface area contributed by atoms with Crippen molar-refractivity contribution < 1.29 is 8.42 Å². The number of nitrogens with zero attached hydrogens (tertiary/aromatic N) is 2. The van der Waals surface area contributed by atoms with Crippen molar-refractivity contribution in [3.8, 4) is 0 Å². The third-order valence-corrected chi connectivity index (χ3v) is 4.85. The fraction of sp³-hybridized carbons (Fsp3) is 0.727. The Morgan fingerprint density at radius 3 is 2.59 bits per heavy atom. The molecule has 1 aromatic rings. The van der Waals surface area contributed by atoms with Crippen molar-refractivity contribution in [3.63, 3.8) is 0 Å². The quantitative estimate of drug-likeness (QED) is 0.782. The molecule has 17 heavy (non-hydrogen) atoms.